The summed E-state index contributed by atoms with van der Waals surface area (Å²) in [4.78, 5) is 0. The molecule has 2 N–H and O–H groups in total. The molecule has 1 saturated carbocycles. The molecule has 76 valence electrons. The Morgan fingerprint density at radius 3 is 2.46 bits per heavy atom. The Kier molecular flexibility index (Phi) is 3.23. The lowest BCUT2D eigenvalue weighted by Crippen LogP contribution is -2.36. The summed E-state index contributed by atoms with van der Waals surface area (Å²) >= 11 is 0. The molecule has 2 atom stereocenters. The first-order valence-electron chi connectivity index (χ1n) is 5.76. The lowest BCUT2D eigenvalue weighted by atomic mass is 9.85. The monoisotopic (exact) mass is 183 g/mol. The highest BCUT2D eigenvalue weighted by Gasteiger charge is 2.32. The summed E-state index contributed by atoms with van der Waals surface area (Å²) in [6.45, 7) is 1.55. The van der Waals surface area contributed by atoms with Gasteiger partial charge in [-0.3, -0.25) is 0 Å². The van der Waals surface area contributed by atoms with E-state index in [4.69, 9.17) is 0 Å². The zero-order valence-electron chi connectivity index (χ0n) is 8.34. The van der Waals surface area contributed by atoms with Crippen LogP contribution in [-0.4, -0.2) is 24.3 Å². The molecule has 2 nitrogen and oxygen atoms in total. The number of hydrogen-bond donors (Lipinski definition) is 2. The smallest absolute Gasteiger partial charge is 0.0476 e. The quantitative estimate of drug-likeness (QED) is 0.695. The van der Waals surface area contributed by atoms with Crippen LogP contribution in [0.3, 0.4) is 0 Å². The van der Waals surface area contributed by atoms with Crippen molar-refractivity contribution < 1.29 is 5.11 Å². The van der Waals surface area contributed by atoms with Crippen LogP contribution in [0.25, 0.3) is 0 Å². The summed E-state index contributed by atoms with van der Waals surface area (Å²) in [5.74, 6) is 1.35. The molecule has 1 saturated heterocycles. The molecule has 0 aromatic heterocycles. The topological polar surface area (TPSA) is 32.3 Å². The molecule has 2 unspecified atom stereocenters. The summed E-state index contributed by atoms with van der Waals surface area (Å²) in [7, 11) is 0. The maximum atomic E-state index is 9.41. The van der Waals surface area contributed by atoms with Gasteiger partial charge in [0, 0.05) is 18.6 Å². The molecule has 0 amide bonds. The van der Waals surface area contributed by atoms with Gasteiger partial charge in [-0.1, -0.05) is 25.7 Å². The number of aliphatic hydroxyl groups is 1. The zero-order chi connectivity index (χ0) is 9.10. The fourth-order valence-corrected chi connectivity index (χ4v) is 3.07. The molecule has 2 rings (SSSR count). The number of aliphatic hydroxyl groups excluding tert-OH is 1. The van der Waals surface area contributed by atoms with Crippen LogP contribution in [0, 0.1) is 11.8 Å². The molecule has 0 spiro atoms. The van der Waals surface area contributed by atoms with Gasteiger partial charge in [0.2, 0.25) is 0 Å². The lowest BCUT2D eigenvalue weighted by molar-refractivity contribution is 0.145. The van der Waals surface area contributed by atoms with Crippen LogP contribution in [-0.2, 0) is 0 Å². The Morgan fingerprint density at radius 1 is 1.15 bits per heavy atom. The minimum atomic E-state index is 0.391. The van der Waals surface area contributed by atoms with Gasteiger partial charge in [-0.2, -0.15) is 0 Å². The predicted octanol–water partition coefficient (Wildman–Crippen LogP) is 1.54. The van der Waals surface area contributed by atoms with Gasteiger partial charge < -0.3 is 10.4 Å². The van der Waals surface area contributed by atoms with Crippen LogP contribution in [0.2, 0.25) is 0 Å². The van der Waals surface area contributed by atoms with Crippen molar-refractivity contribution in [2.24, 2.45) is 11.8 Å². The van der Waals surface area contributed by atoms with Gasteiger partial charge in [0.05, 0.1) is 0 Å². The van der Waals surface area contributed by atoms with Crippen LogP contribution < -0.4 is 5.32 Å². The summed E-state index contributed by atoms with van der Waals surface area (Å²) in [5.41, 5.74) is 0. The maximum absolute atomic E-state index is 9.41. The van der Waals surface area contributed by atoms with Gasteiger partial charge in [-0.05, 0) is 25.3 Å². The SMILES string of the molecule is OCC(C1CCCC1)C1CCCN1. The van der Waals surface area contributed by atoms with Gasteiger partial charge >= 0.3 is 0 Å². The molecule has 0 aromatic carbocycles. The fourth-order valence-electron chi connectivity index (χ4n) is 3.07. The van der Waals surface area contributed by atoms with E-state index in [-0.39, 0.29) is 0 Å². The summed E-state index contributed by atoms with van der Waals surface area (Å²) in [5, 5.41) is 12.9. The molecule has 0 aromatic rings. The third-order valence-corrected chi connectivity index (χ3v) is 3.83. The van der Waals surface area contributed by atoms with E-state index in [1.54, 1.807) is 0 Å². The molecule has 0 bridgehead atoms. The van der Waals surface area contributed by atoms with Crippen molar-refractivity contribution in [3.05, 3.63) is 0 Å². The Bertz CT molecular complexity index is 132. The lowest BCUT2D eigenvalue weighted by Gasteiger charge is -2.27. The molecule has 0 radical (unpaired) electrons. The largest absolute Gasteiger partial charge is 0.396 e. The van der Waals surface area contributed by atoms with E-state index in [9.17, 15) is 5.11 Å². The van der Waals surface area contributed by atoms with Gasteiger partial charge in [0.15, 0.2) is 0 Å². The van der Waals surface area contributed by atoms with Gasteiger partial charge in [0.25, 0.3) is 0 Å². The average molecular weight is 183 g/mol. The summed E-state index contributed by atoms with van der Waals surface area (Å²) in [6, 6.07) is 0.619. The van der Waals surface area contributed by atoms with Crippen LogP contribution in [0.5, 0.6) is 0 Å². The van der Waals surface area contributed by atoms with Crippen LogP contribution >= 0.6 is 0 Å². The minimum Gasteiger partial charge on any atom is -0.396 e. The number of hydrogen-bond acceptors (Lipinski definition) is 2. The van der Waals surface area contributed by atoms with E-state index in [0.29, 0.717) is 18.6 Å². The van der Waals surface area contributed by atoms with Crippen molar-refractivity contribution >= 4 is 0 Å². The van der Waals surface area contributed by atoms with Crippen molar-refractivity contribution in [2.45, 2.75) is 44.6 Å². The first kappa shape index (κ1) is 9.47. The molecule has 1 aliphatic carbocycles. The zero-order valence-corrected chi connectivity index (χ0v) is 8.34. The Morgan fingerprint density at radius 2 is 1.92 bits per heavy atom. The molecular weight excluding hydrogens is 162 g/mol. The first-order chi connectivity index (χ1) is 6.42. The van der Waals surface area contributed by atoms with Crippen LogP contribution in [0.1, 0.15) is 38.5 Å². The van der Waals surface area contributed by atoms with Crippen molar-refractivity contribution in [1.82, 2.24) is 5.32 Å². The second-order valence-corrected chi connectivity index (χ2v) is 4.59. The third kappa shape index (κ3) is 2.05. The molecule has 13 heavy (non-hydrogen) atoms. The average Bonchev–Trinajstić information content (AvgIpc) is 2.76. The third-order valence-electron chi connectivity index (χ3n) is 3.83. The van der Waals surface area contributed by atoms with Crippen molar-refractivity contribution in [3.63, 3.8) is 0 Å². The summed E-state index contributed by atoms with van der Waals surface area (Å²) < 4.78 is 0. The van der Waals surface area contributed by atoms with E-state index >= 15 is 0 Å². The molecule has 2 fully saturated rings. The Labute approximate surface area is 80.7 Å². The first-order valence-corrected chi connectivity index (χ1v) is 5.76. The van der Waals surface area contributed by atoms with Crippen LogP contribution in [0.4, 0.5) is 0 Å². The Balaban J connectivity index is 1.90. The molecule has 2 heteroatoms. The van der Waals surface area contributed by atoms with Gasteiger partial charge in [-0.15, -0.1) is 0 Å². The molecule has 1 heterocycles. The minimum absolute atomic E-state index is 0.391. The van der Waals surface area contributed by atoms with E-state index in [2.05, 4.69) is 5.32 Å². The second-order valence-electron chi connectivity index (χ2n) is 4.59. The van der Waals surface area contributed by atoms with Crippen molar-refractivity contribution in [1.29, 1.82) is 0 Å². The summed E-state index contributed by atoms with van der Waals surface area (Å²) in [6.07, 6.45) is 8.05. The Hall–Kier alpha value is -0.0800. The number of nitrogens with one attached hydrogen (secondary N) is 1. The van der Waals surface area contributed by atoms with Gasteiger partial charge in [0.1, 0.15) is 0 Å². The second kappa shape index (κ2) is 4.43. The highest BCUT2D eigenvalue weighted by molar-refractivity contribution is 4.87. The van der Waals surface area contributed by atoms with E-state index in [1.807, 2.05) is 0 Å². The molecule has 2 aliphatic rings. The van der Waals surface area contributed by atoms with Crippen molar-refractivity contribution in [2.75, 3.05) is 13.2 Å². The van der Waals surface area contributed by atoms with E-state index < -0.39 is 0 Å². The number of rotatable bonds is 3. The maximum Gasteiger partial charge on any atom is 0.0476 e. The highest BCUT2D eigenvalue weighted by atomic mass is 16.3. The molecule has 1 aliphatic heterocycles. The van der Waals surface area contributed by atoms with Crippen molar-refractivity contribution in [3.8, 4) is 0 Å². The predicted molar refractivity (Wildman–Crippen MR) is 53.6 cm³/mol. The normalized spacial score (nSPS) is 32.5. The fraction of sp³-hybridized carbons (Fsp3) is 1.00. The van der Waals surface area contributed by atoms with E-state index in [0.717, 1.165) is 12.5 Å². The highest BCUT2D eigenvalue weighted by Crippen LogP contribution is 2.34. The standard InChI is InChI=1S/C11H21NO/c13-8-10(9-4-1-2-5-9)11-6-3-7-12-11/h9-13H,1-8H2. The van der Waals surface area contributed by atoms with Gasteiger partial charge in [-0.25, -0.2) is 0 Å². The van der Waals surface area contributed by atoms with Crippen LogP contribution in [0.15, 0.2) is 0 Å². The molecular formula is C11H21NO. The van der Waals surface area contributed by atoms with E-state index in [1.165, 1.54) is 38.5 Å².